The molecule has 0 bridgehead atoms. The van der Waals surface area contributed by atoms with Crippen molar-refractivity contribution in [3.8, 4) is 10.1 Å². The molecule has 0 atom stereocenters. The lowest BCUT2D eigenvalue weighted by Gasteiger charge is -2.05. The Bertz CT molecular complexity index is 650. The minimum absolute atomic E-state index is 0.817. The first kappa shape index (κ1) is 28.0. The number of fused-ring (bicyclic) bond motifs is 1. The Morgan fingerprint density at radius 2 is 0.818 bits per heavy atom. The van der Waals surface area contributed by atoms with Crippen LogP contribution in [0.2, 0.25) is 0 Å². The van der Waals surface area contributed by atoms with Gasteiger partial charge in [-0.25, -0.2) is 0 Å². The normalized spacial score (nSPS) is 11.3. The molecule has 1 heterocycles. The molecule has 0 aliphatic rings. The molecule has 0 spiro atoms. The Balaban J connectivity index is 1.61. The van der Waals surface area contributed by atoms with Gasteiger partial charge in [0, 0.05) is 10.8 Å². The summed E-state index contributed by atoms with van der Waals surface area (Å²) in [4.78, 5) is 0. The molecule has 0 N–H and O–H groups in total. The zero-order valence-electron chi connectivity index (χ0n) is 21.7. The van der Waals surface area contributed by atoms with Gasteiger partial charge in [-0.15, -0.1) is 0 Å². The van der Waals surface area contributed by atoms with Gasteiger partial charge >= 0.3 is 0 Å². The SMILES string of the molecule is CCCCCCCCCCCOc1sc(OCCCCCCCCCCC)c2ccccc12. The van der Waals surface area contributed by atoms with Gasteiger partial charge in [0.25, 0.3) is 0 Å². The number of ether oxygens (including phenoxy) is 2. The zero-order chi connectivity index (χ0) is 23.4. The maximum absolute atomic E-state index is 6.20. The third kappa shape index (κ3) is 12.2. The molecular weight excluding hydrogens is 424 g/mol. The van der Waals surface area contributed by atoms with Gasteiger partial charge in [0.05, 0.1) is 13.2 Å². The fourth-order valence-electron chi connectivity index (χ4n) is 4.40. The molecule has 3 heteroatoms. The van der Waals surface area contributed by atoms with Gasteiger partial charge in [0.1, 0.15) is 0 Å². The number of unbranched alkanes of at least 4 members (excludes halogenated alkanes) is 16. The Hall–Kier alpha value is -1.22. The molecule has 0 fully saturated rings. The molecule has 0 saturated heterocycles. The van der Waals surface area contributed by atoms with Gasteiger partial charge in [-0.3, -0.25) is 0 Å². The third-order valence-electron chi connectivity index (χ3n) is 6.51. The number of rotatable bonds is 22. The van der Waals surface area contributed by atoms with E-state index in [0.29, 0.717) is 0 Å². The molecule has 2 aromatic rings. The van der Waals surface area contributed by atoms with Gasteiger partial charge in [-0.1, -0.05) is 140 Å². The van der Waals surface area contributed by atoms with E-state index >= 15 is 0 Å². The van der Waals surface area contributed by atoms with E-state index in [4.69, 9.17) is 9.47 Å². The van der Waals surface area contributed by atoms with Crippen molar-refractivity contribution in [3.63, 3.8) is 0 Å². The van der Waals surface area contributed by atoms with Crippen LogP contribution in [0.15, 0.2) is 24.3 Å². The van der Waals surface area contributed by atoms with E-state index < -0.39 is 0 Å². The number of thiophene rings is 1. The average Bonchev–Trinajstić information content (AvgIpc) is 3.19. The van der Waals surface area contributed by atoms with E-state index in [2.05, 4.69) is 38.1 Å². The molecule has 0 aliphatic heterocycles. The van der Waals surface area contributed by atoms with Crippen molar-refractivity contribution in [2.45, 2.75) is 129 Å². The van der Waals surface area contributed by atoms with E-state index in [0.717, 1.165) is 36.2 Å². The van der Waals surface area contributed by atoms with E-state index in [-0.39, 0.29) is 0 Å². The predicted molar refractivity (Wildman–Crippen MR) is 147 cm³/mol. The molecule has 2 rings (SSSR count). The van der Waals surface area contributed by atoms with Crippen LogP contribution >= 0.6 is 11.3 Å². The lowest BCUT2D eigenvalue weighted by Crippen LogP contribution is -1.96. The first-order chi connectivity index (χ1) is 16.4. The minimum Gasteiger partial charge on any atom is -0.483 e. The molecule has 0 saturated carbocycles. The molecule has 188 valence electrons. The second kappa shape index (κ2) is 19.1. The van der Waals surface area contributed by atoms with Gasteiger partial charge in [-0.05, 0) is 25.0 Å². The average molecular weight is 475 g/mol. The highest BCUT2D eigenvalue weighted by Crippen LogP contribution is 2.43. The van der Waals surface area contributed by atoms with E-state index in [9.17, 15) is 0 Å². The van der Waals surface area contributed by atoms with Gasteiger partial charge in [0.2, 0.25) is 0 Å². The van der Waals surface area contributed by atoms with Crippen molar-refractivity contribution < 1.29 is 9.47 Å². The van der Waals surface area contributed by atoms with Crippen LogP contribution in [0.1, 0.15) is 129 Å². The smallest absolute Gasteiger partial charge is 0.185 e. The van der Waals surface area contributed by atoms with Crippen LogP contribution in [-0.4, -0.2) is 13.2 Å². The largest absolute Gasteiger partial charge is 0.483 e. The maximum atomic E-state index is 6.20. The highest BCUT2D eigenvalue weighted by atomic mass is 32.1. The maximum Gasteiger partial charge on any atom is 0.185 e. The minimum atomic E-state index is 0.817. The van der Waals surface area contributed by atoms with Crippen molar-refractivity contribution in [1.29, 1.82) is 0 Å². The molecule has 0 amide bonds. The predicted octanol–water partition coefficient (Wildman–Crippen LogP) is 10.7. The highest BCUT2D eigenvalue weighted by molar-refractivity contribution is 7.17. The van der Waals surface area contributed by atoms with Crippen LogP contribution in [0.5, 0.6) is 10.1 Å². The summed E-state index contributed by atoms with van der Waals surface area (Å²) in [5, 5.41) is 4.49. The molecular formula is C30H50O2S. The molecule has 1 aromatic heterocycles. The quantitative estimate of drug-likeness (QED) is 0.158. The second-order valence-corrected chi connectivity index (χ2v) is 10.5. The summed E-state index contributed by atoms with van der Waals surface area (Å²) >= 11 is 1.69. The third-order valence-corrected chi connectivity index (χ3v) is 7.56. The summed E-state index contributed by atoms with van der Waals surface area (Å²) in [5.41, 5.74) is 0. The fourth-order valence-corrected chi connectivity index (χ4v) is 5.43. The van der Waals surface area contributed by atoms with Crippen LogP contribution < -0.4 is 9.47 Å². The highest BCUT2D eigenvalue weighted by Gasteiger charge is 2.13. The van der Waals surface area contributed by atoms with Crippen molar-refractivity contribution in [1.82, 2.24) is 0 Å². The first-order valence-corrected chi connectivity index (χ1v) is 15.0. The molecule has 2 nitrogen and oxygen atoms in total. The zero-order valence-corrected chi connectivity index (χ0v) is 22.5. The lowest BCUT2D eigenvalue weighted by molar-refractivity contribution is 0.312. The topological polar surface area (TPSA) is 18.5 Å². The summed E-state index contributed by atoms with van der Waals surface area (Å²) in [7, 11) is 0. The lowest BCUT2D eigenvalue weighted by atomic mass is 10.1. The van der Waals surface area contributed by atoms with Crippen LogP contribution in [-0.2, 0) is 0 Å². The Labute approximate surface area is 208 Å². The van der Waals surface area contributed by atoms with Gasteiger partial charge in [0.15, 0.2) is 10.1 Å². The second-order valence-electron chi connectivity index (χ2n) is 9.58. The Morgan fingerprint density at radius 1 is 0.485 bits per heavy atom. The van der Waals surface area contributed by atoms with E-state index in [1.165, 1.54) is 114 Å². The molecule has 0 aliphatic carbocycles. The Kier molecular flexibility index (Phi) is 16.2. The number of hydrogen-bond donors (Lipinski definition) is 0. The van der Waals surface area contributed by atoms with E-state index in [1.54, 1.807) is 11.3 Å². The molecule has 1 aromatic carbocycles. The summed E-state index contributed by atoms with van der Waals surface area (Å²) in [6.45, 7) is 6.20. The van der Waals surface area contributed by atoms with Crippen molar-refractivity contribution >= 4 is 22.1 Å². The van der Waals surface area contributed by atoms with Crippen LogP contribution in [0.3, 0.4) is 0 Å². The summed E-state index contributed by atoms with van der Waals surface area (Å²) in [5.74, 6) is 0. The van der Waals surface area contributed by atoms with Crippen molar-refractivity contribution in [3.05, 3.63) is 24.3 Å². The van der Waals surface area contributed by atoms with Gasteiger partial charge < -0.3 is 9.47 Å². The van der Waals surface area contributed by atoms with Crippen LogP contribution in [0.25, 0.3) is 10.8 Å². The number of hydrogen-bond acceptors (Lipinski definition) is 3. The van der Waals surface area contributed by atoms with Crippen LogP contribution in [0.4, 0.5) is 0 Å². The Morgan fingerprint density at radius 3 is 1.18 bits per heavy atom. The molecule has 0 radical (unpaired) electrons. The fraction of sp³-hybridized carbons (Fsp3) is 0.733. The summed E-state index contributed by atoms with van der Waals surface area (Å²) in [6, 6.07) is 8.54. The van der Waals surface area contributed by atoms with Crippen LogP contribution in [0, 0.1) is 0 Å². The van der Waals surface area contributed by atoms with Crippen molar-refractivity contribution in [2.24, 2.45) is 0 Å². The van der Waals surface area contributed by atoms with Crippen molar-refractivity contribution in [2.75, 3.05) is 13.2 Å². The molecule has 33 heavy (non-hydrogen) atoms. The first-order valence-electron chi connectivity index (χ1n) is 14.1. The standard InChI is InChI=1S/C30H50O2S/c1-3-5-7-9-11-13-15-17-21-25-31-29-27-23-19-20-24-28(27)30(33-29)32-26-22-18-16-14-12-10-8-6-4-2/h19-20,23-24H,3-18,21-22,25-26H2,1-2H3. The molecule has 0 unspecified atom stereocenters. The van der Waals surface area contributed by atoms with E-state index in [1.807, 2.05) is 0 Å². The number of benzene rings is 1. The monoisotopic (exact) mass is 474 g/mol. The van der Waals surface area contributed by atoms with Gasteiger partial charge in [-0.2, -0.15) is 0 Å². The summed E-state index contributed by atoms with van der Waals surface area (Å²) < 4.78 is 12.4. The summed E-state index contributed by atoms with van der Waals surface area (Å²) in [6.07, 6.45) is 24.2.